The summed E-state index contributed by atoms with van der Waals surface area (Å²) in [4.78, 5) is 24.8. The molecule has 1 aromatic heterocycles. The third-order valence-electron chi connectivity index (χ3n) is 4.08. The normalized spacial score (nSPS) is 10.6. The van der Waals surface area contributed by atoms with Crippen LogP contribution in [0.15, 0.2) is 53.3 Å². The van der Waals surface area contributed by atoms with Gasteiger partial charge in [-0.25, -0.2) is 9.48 Å². The van der Waals surface area contributed by atoms with Crippen LogP contribution < -0.4 is 15.0 Å². The third-order valence-corrected chi connectivity index (χ3v) is 4.08. The first-order valence-corrected chi connectivity index (χ1v) is 9.16. The lowest BCUT2D eigenvalue weighted by Gasteiger charge is -2.10. The van der Waals surface area contributed by atoms with Crippen molar-refractivity contribution in [1.29, 1.82) is 0 Å². The second-order valence-electron chi connectivity index (χ2n) is 5.90. The molecule has 7 heteroatoms. The standard InChI is InChI=1S/C21H22N2O5/c1-3-23-20(24)18-8-6-5-7-17(18)19(22-23)21(25)28-14-13-27-16-11-9-15(10-12-16)26-4-2/h5-12H,3-4,13-14H2,1-2H3. The summed E-state index contributed by atoms with van der Waals surface area (Å²) in [5.74, 6) is 0.835. The second-order valence-corrected chi connectivity index (χ2v) is 5.90. The Morgan fingerprint density at radius 3 is 2.21 bits per heavy atom. The van der Waals surface area contributed by atoms with E-state index in [1.807, 2.05) is 19.1 Å². The van der Waals surface area contributed by atoms with Gasteiger partial charge in [0.15, 0.2) is 5.69 Å². The third kappa shape index (κ3) is 4.31. The minimum absolute atomic E-state index is 0.0628. The van der Waals surface area contributed by atoms with Gasteiger partial charge in [-0.15, -0.1) is 0 Å². The number of aromatic nitrogens is 2. The first-order valence-electron chi connectivity index (χ1n) is 9.16. The fourth-order valence-electron chi connectivity index (χ4n) is 2.76. The molecular weight excluding hydrogens is 360 g/mol. The van der Waals surface area contributed by atoms with Gasteiger partial charge in [0.05, 0.1) is 12.0 Å². The average molecular weight is 382 g/mol. The van der Waals surface area contributed by atoms with Crippen molar-refractivity contribution in [3.8, 4) is 11.5 Å². The molecule has 0 unspecified atom stereocenters. The summed E-state index contributed by atoms with van der Waals surface area (Å²) in [6, 6.07) is 14.1. The summed E-state index contributed by atoms with van der Waals surface area (Å²) < 4.78 is 17.5. The Labute approximate surface area is 162 Å². The van der Waals surface area contributed by atoms with Gasteiger partial charge < -0.3 is 14.2 Å². The minimum Gasteiger partial charge on any atom is -0.494 e. The molecule has 0 aliphatic rings. The molecule has 0 fully saturated rings. The molecule has 3 aromatic rings. The first kappa shape index (κ1) is 19.4. The highest BCUT2D eigenvalue weighted by molar-refractivity contribution is 6.02. The summed E-state index contributed by atoms with van der Waals surface area (Å²) in [7, 11) is 0. The average Bonchev–Trinajstić information content (AvgIpc) is 2.73. The van der Waals surface area contributed by atoms with E-state index in [-0.39, 0.29) is 24.5 Å². The lowest BCUT2D eigenvalue weighted by molar-refractivity contribution is 0.0443. The molecule has 0 bridgehead atoms. The summed E-state index contributed by atoms with van der Waals surface area (Å²) >= 11 is 0. The molecule has 146 valence electrons. The molecule has 0 amide bonds. The molecule has 0 N–H and O–H groups in total. The molecule has 28 heavy (non-hydrogen) atoms. The van der Waals surface area contributed by atoms with E-state index >= 15 is 0 Å². The fourth-order valence-corrected chi connectivity index (χ4v) is 2.76. The monoisotopic (exact) mass is 382 g/mol. The molecule has 0 aliphatic heterocycles. The smallest absolute Gasteiger partial charge is 0.359 e. The first-order chi connectivity index (χ1) is 13.6. The van der Waals surface area contributed by atoms with Crippen molar-refractivity contribution >= 4 is 16.7 Å². The molecular formula is C21H22N2O5. The van der Waals surface area contributed by atoms with Gasteiger partial charge in [-0.1, -0.05) is 18.2 Å². The Balaban J connectivity index is 1.64. The van der Waals surface area contributed by atoms with Crippen molar-refractivity contribution < 1.29 is 19.0 Å². The van der Waals surface area contributed by atoms with E-state index < -0.39 is 5.97 Å². The van der Waals surface area contributed by atoms with Crippen LogP contribution in [0.2, 0.25) is 0 Å². The summed E-state index contributed by atoms with van der Waals surface area (Å²) in [6.07, 6.45) is 0. The van der Waals surface area contributed by atoms with Crippen LogP contribution in [0, 0.1) is 0 Å². The van der Waals surface area contributed by atoms with Crippen LogP contribution in [0.3, 0.4) is 0 Å². The Bertz CT molecular complexity index is 1010. The maximum absolute atomic E-state index is 12.5. The lowest BCUT2D eigenvalue weighted by Crippen LogP contribution is -2.26. The molecule has 0 spiro atoms. The highest BCUT2D eigenvalue weighted by atomic mass is 16.6. The molecule has 0 atom stereocenters. The number of aryl methyl sites for hydroxylation is 1. The number of rotatable bonds is 8. The zero-order valence-corrected chi connectivity index (χ0v) is 15.9. The highest BCUT2D eigenvalue weighted by Crippen LogP contribution is 2.18. The van der Waals surface area contributed by atoms with Crippen LogP contribution in [0.5, 0.6) is 11.5 Å². The lowest BCUT2D eigenvalue weighted by atomic mass is 10.1. The van der Waals surface area contributed by atoms with Crippen LogP contribution in [-0.2, 0) is 11.3 Å². The van der Waals surface area contributed by atoms with Gasteiger partial charge in [-0.05, 0) is 44.2 Å². The Kier molecular flexibility index (Phi) is 6.26. The maximum Gasteiger partial charge on any atom is 0.359 e. The molecule has 7 nitrogen and oxygen atoms in total. The predicted molar refractivity (Wildman–Crippen MR) is 105 cm³/mol. The van der Waals surface area contributed by atoms with E-state index in [2.05, 4.69) is 5.10 Å². The summed E-state index contributed by atoms with van der Waals surface area (Å²) in [6.45, 7) is 4.94. The number of carbonyl (C=O) groups is 1. The number of ether oxygens (including phenoxy) is 3. The van der Waals surface area contributed by atoms with Gasteiger partial charge in [-0.3, -0.25) is 4.79 Å². The number of carbonyl (C=O) groups excluding carboxylic acids is 1. The topological polar surface area (TPSA) is 79.7 Å². The van der Waals surface area contributed by atoms with Crippen molar-refractivity contribution in [2.45, 2.75) is 20.4 Å². The number of nitrogens with zero attached hydrogens (tertiary/aromatic N) is 2. The second kappa shape index (κ2) is 9.03. The SMILES string of the molecule is CCOc1ccc(OCCOC(=O)c2nn(CC)c(=O)c3ccccc23)cc1. The quantitative estimate of drug-likeness (QED) is 0.440. The fraction of sp³-hybridized carbons (Fsp3) is 0.286. The molecule has 0 saturated carbocycles. The predicted octanol–water partition coefficient (Wildman–Crippen LogP) is 3.05. The van der Waals surface area contributed by atoms with E-state index in [1.165, 1.54) is 4.68 Å². The Morgan fingerprint density at radius 1 is 0.929 bits per heavy atom. The van der Waals surface area contributed by atoms with Gasteiger partial charge in [0.2, 0.25) is 0 Å². The minimum atomic E-state index is -0.589. The van der Waals surface area contributed by atoms with Gasteiger partial charge >= 0.3 is 5.97 Å². The van der Waals surface area contributed by atoms with Gasteiger partial charge in [0.1, 0.15) is 24.7 Å². The molecule has 0 aliphatic carbocycles. The van der Waals surface area contributed by atoms with Crippen LogP contribution >= 0.6 is 0 Å². The van der Waals surface area contributed by atoms with Gasteiger partial charge in [-0.2, -0.15) is 5.10 Å². The highest BCUT2D eigenvalue weighted by Gasteiger charge is 2.17. The largest absolute Gasteiger partial charge is 0.494 e. The zero-order valence-electron chi connectivity index (χ0n) is 15.9. The van der Waals surface area contributed by atoms with Gasteiger partial charge in [0.25, 0.3) is 5.56 Å². The van der Waals surface area contributed by atoms with Crippen LogP contribution in [0.25, 0.3) is 10.8 Å². The zero-order chi connectivity index (χ0) is 19.9. The van der Waals surface area contributed by atoms with Crippen molar-refractivity contribution in [2.75, 3.05) is 19.8 Å². The van der Waals surface area contributed by atoms with Crippen LogP contribution in [0.4, 0.5) is 0 Å². The summed E-state index contributed by atoms with van der Waals surface area (Å²) in [5.41, 5.74) is -0.105. The maximum atomic E-state index is 12.5. The molecule has 0 saturated heterocycles. The summed E-state index contributed by atoms with van der Waals surface area (Å²) in [5, 5.41) is 5.08. The molecule has 1 heterocycles. The van der Waals surface area contributed by atoms with Crippen molar-refractivity contribution in [3.63, 3.8) is 0 Å². The molecule has 3 rings (SSSR count). The Morgan fingerprint density at radius 2 is 1.57 bits per heavy atom. The van der Waals surface area contributed by atoms with E-state index in [9.17, 15) is 9.59 Å². The molecule has 2 aromatic carbocycles. The number of fused-ring (bicyclic) bond motifs is 1. The van der Waals surface area contributed by atoms with E-state index in [1.54, 1.807) is 43.3 Å². The van der Waals surface area contributed by atoms with Crippen LogP contribution in [-0.4, -0.2) is 35.6 Å². The van der Waals surface area contributed by atoms with E-state index in [4.69, 9.17) is 14.2 Å². The number of esters is 1. The molecule has 0 radical (unpaired) electrons. The van der Waals surface area contributed by atoms with Crippen molar-refractivity contribution in [3.05, 3.63) is 64.6 Å². The Hall–Kier alpha value is -3.35. The number of hydrogen-bond acceptors (Lipinski definition) is 6. The van der Waals surface area contributed by atoms with Gasteiger partial charge in [0, 0.05) is 11.9 Å². The van der Waals surface area contributed by atoms with E-state index in [0.717, 1.165) is 5.75 Å². The number of hydrogen-bond donors (Lipinski definition) is 0. The van der Waals surface area contributed by atoms with Crippen molar-refractivity contribution in [2.24, 2.45) is 0 Å². The van der Waals surface area contributed by atoms with Crippen LogP contribution in [0.1, 0.15) is 24.3 Å². The van der Waals surface area contributed by atoms with Crippen molar-refractivity contribution in [1.82, 2.24) is 9.78 Å². The number of benzene rings is 2. The van der Waals surface area contributed by atoms with E-state index in [0.29, 0.717) is 29.7 Å².